The first-order valence-corrected chi connectivity index (χ1v) is 8.54. The van der Waals surface area contributed by atoms with E-state index in [0.717, 1.165) is 45.1 Å². The fraction of sp³-hybridized carbons (Fsp3) is 0. The Morgan fingerprint density at radius 2 is 1.31 bits per heavy atom. The fourth-order valence-corrected chi connectivity index (χ4v) is 3.19. The summed E-state index contributed by atoms with van der Waals surface area (Å²) in [6.07, 6.45) is 1.94. The van der Waals surface area contributed by atoms with E-state index in [1.54, 1.807) is 0 Å². The molecule has 4 heteroatoms. The number of fused-ring (bicyclic) bond motifs is 1. The van der Waals surface area contributed by atoms with Gasteiger partial charge in [-0.2, -0.15) is 0 Å². The molecular formula is C22H16N4. The van der Waals surface area contributed by atoms with Crippen LogP contribution in [0.2, 0.25) is 0 Å². The molecule has 0 aliphatic heterocycles. The summed E-state index contributed by atoms with van der Waals surface area (Å²) in [5.74, 6) is 1.68. The lowest BCUT2D eigenvalue weighted by atomic mass is 10.1. The van der Waals surface area contributed by atoms with Crippen molar-refractivity contribution in [2.45, 2.75) is 0 Å². The average molecular weight is 336 g/mol. The second kappa shape index (κ2) is 6.01. The molecule has 0 unspecified atom stereocenters. The standard InChI is InChI=1S/C22H16N4/c1-2-8-15(9-3-1)20-14-23-21(26-20)16-10-4-5-11-17(16)22-24-18-12-6-7-13-19(18)25-22/h1-14H,(H,23,26)(H,24,25). The SMILES string of the molecule is c1ccc(-c2c[nH]c(-c3ccccc3-c3nc4ccccc4[nH]3)n2)cc1. The van der Waals surface area contributed by atoms with Crippen LogP contribution in [0.25, 0.3) is 45.1 Å². The number of imidazole rings is 2. The molecule has 2 N–H and O–H groups in total. The zero-order chi connectivity index (χ0) is 17.3. The van der Waals surface area contributed by atoms with Gasteiger partial charge in [-0.15, -0.1) is 0 Å². The largest absolute Gasteiger partial charge is 0.344 e. The van der Waals surface area contributed by atoms with Gasteiger partial charge in [0.1, 0.15) is 11.6 Å². The van der Waals surface area contributed by atoms with Crippen molar-refractivity contribution in [2.24, 2.45) is 0 Å². The molecule has 0 aliphatic rings. The van der Waals surface area contributed by atoms with E-state index in [1.165, 1.54) is 0 Å². The number of aromatic amines is 2. The first-order chi connectivity index (χ1) is 12.9. The van der Waals surface area contributed by atoms with E-state index in [4.69, 9.17) is 9.97 Å². The maximum absolute atomic E-state index is 4.79. The third-order valence-electron chi connectivity index (χ3n) is 4.47. The molecule has 3 aromatic carbocycles. The summed E-state index contributed by atoms with van der Waals surface area (Å²) in [5.41, 5.74) is 6.06. The molecule has 0 saturated carbocycles. The molecule has 4 nitrogen and oxygen atoms in total. The summed E-state index contributed by atoms with van der Waals surface area (Å²) < 4.78 is 0. The first kappa shape index (κ1) is 14.7. The van der Waals surface area contributed by atoms with Gasteiger partial charge in [-0.05, 0) is 12.1 Å². The van der Waals surface area contributed by atoms with E-state index in [1.807, 2.05) is 60.8 Å². The summed E-state index contributed by atoms with van der Waals surface area (Å²) in [5, 5.41) is 0. The quantitative estimate of drug-likeness (QED) is 0.470. The van der Waals surface area contributed by atoms with Crippen molar-refractivity contribution in [1.29, 1.82) is 0 Å². The molecule has 0 atom stereocenters. The molecule has 0 bridgehead atoms. The highest BCUT2D eigenvalue weighted by Gasteiger charge is 2.13. The van der Waals surface area contributed by atoms with Crippen molar-refractivity contribution in [3.05, 3.63) is 85.1 Å². The van der Waals surface area contributed by atoms with E-state index < -0.39 is 0 Å². The zero-order valence-electron chi connectivity index (χ0n) is 14.0. The van der Waals surface area contributed by atoms with Crippen LogP contribution in [-0.2, 0) is 0 Å². The van der Waals surface area contributed by atoms with Crippen molar-refractivity contribution in [3.8, 4) is 34.0 Å². The molecule has 5 aromatic rings. The Morgan fingerprint density at radius 3 is 2.12 bits per heavy atom. The van der Waals surface area contributed by atoms with Gasteiger partial charge in [0.05, 0.1) is 16.7 Å². The van der Waals surface area contributed by atoms with Crippen LogP contribution in [0.1, 0.15) is 0 Å². The van der Waals surface area contributed by atoms with E-state index >= 15 is 0 Å². The van der Waals surface area contributed by atoms with Crippen LogP contribution in [0.3, 0.4) is 0 Å². The van der Waals surface area contributed by atoms with Crippen molar-refractivity contribution in [1.82, 2.24) is 19.9 Å². The Hall–Kier alpha value is -3.66. The zero-order valence-corrected chi connectivity index (χ0v) is 14.0. The van der Waals surface area contributed by atoms with E-state index in [9.17, 15) is 0 Å². The smallest absolute Gasteiger partial charge is 0.139 e. The second-order valence-electron chi connectivity index (χ2n) is 6.15. The molecule has 0 aliphatic carbocycles. The number of rotatable bonds is 3. The average Bonchev–Trinajstić information content (AvgIpc) is 3.36. The third-order valence-corrected chi connectivity index (χ3v) is 4.47. The van der Waals surface area contributed by atoms with Crippen LogP contribution in [0, 0.1) is 0 Å². The lowest BCUT2D eigenvalue weighted by Gasteiger charge is -2.04. The minimum atomic E-state index is 0.833. The highest BCUT2D eigenvalue weighted by molar-refractivity contribution is 5.84. The lowest BCUT2D eigenvalue weighted by Crippen LogP contribution is -1.88. The van der Waals surface area contributed by atoms with Crippen LogP contribution in [-0.4, -0.2) is 19.9 Å². The maximum Gasteiger partial charge on any atom is 0.139 e. The minimum absolute atomic E-state index is 0.833. The van der Waals surface area contributed by atoms with Crippen molar-refractivity contribution < 1.29 is 0 Å². The summed E-state index contributed by atoms with van der Waals surface area (Å²) in [6.45, 7) is 0. The molecule has 0 saturated heterocycles. The van der Waals surface area contributed by atoms with E-state index in [2.05, 4.69) is 34.2 Å². The van der Waals surface area contributed by atoms with Gasteiger partial charge in [0.25, 0.3) is 0 Å². The molecule has 0 fully saturated rings. The molecule has 0 radical (unpaired) electrons. The number of nitrogens with one attached hydrogen (secondary N) is 2. The summed E-state index contributed by atoms with van der Waals surface area (Å²) in [7, 11) is 0. The normalized spacial score (nSPS) is 11.1. The van der Waals surface area contributed by atoms with Gasteiger partial charge < -0.3 is 9.97 Å². The first-order valence-electron chi connectivity index (χ1n) is 8.54. The van der Waals surface area contributed by atoms with Gasteiger partial charge in [0.2, 0.25) is 0 Å². The second-order valence-corrected chi connectivity index (χ2v) is 6.15. The third kappa shape index (κ3) is 2.48. The predicted molar refractivity (Wildman–Crippen MR) is 105 cm³/mol. The molecule has 0 amide bonds. The maximum atomic E-state index is 4.79. The number of hydrogen-bond acceptors (Lipinski definition) is 2. The van der Waals surface area contributed by atoms with Gasteiger partial charge in [-0.1, -0.05) is 66.7 Å². The molecule has 26 heavy (non-hydrogen) atoms. The van der Waals surface area contributed by atoms with Gasteiger partial charge in [0, 0.05) is 22.9 Å². The van der Waals surface area contributed by atoms with E-state index in [0.29, 0.717) is 0 Å². The van der Waals surface area contributed by atoms with Crippen LogP contribution < -0.4 is 0 Å². The monoisotopic (exact) mass is 336 g/mol. The number of hydrogen-bond donors (Lipinski definition) is 2. The Labute approximate surface area is 150 Å². The summed E-state index contributed by atoms with van der Waals surface area (Å²) in [6, 6.07) is 26.4. The van der Waals surface area contributed by atoms with Gasteiger partial charge in [-0.3, -0.25) is 0 Å². The minimum Gasteiger partial charge on any atom is -0.344 e. The molecule has 124 valence electrons. The number of aromatic nitrogens is 4. The molecular weight excluding hydrogens is 320 g/mol. The Bertz CT molecular complexity index is 1150. The fourth-order valence-electron chi connectivity index (χ4n) is 3.19. The number of benzene rings is 3. The molecule has 2 aromatic heterocycles. The molecule has 0 spiro atoms. The Morgan fingerprint density at radius 1 is 0.615 bits per heavy atom. The molecule has 2 heterocycles. The topological polar surface area (TPSA) is 57.4 Å². The predicted octanol–water partition coefficient (Wildman–Crippen LogP) is 5.29. The van der Waals surface area contributed by atoms with Crippen molar-refractivity contribution in [3.63, 3.8) is 0 Å². The van der Waals surface area contributed by atoms with Crippen LogP contribution in [0.4, 0.5) is 0 Å². The number of H-pyrrole nitrogens is 2. The van der Waals surface area contributed by atoms with Crippen molar-refractivity contribution >= 4 is 11.0 Å². The Kier molecular flexibility index (Phi) is 3.39. The van der Waals surface area contributed by atoms with E-state index in [-0.39, 0.29) is 0 Å². The van der Waals surface area contributed by atoms with Gasteiger partial charge in [-0.25, -0.2) is 9.97 Å². The number of para-hydroxylation sites is 2. The van der Waals surface area contributed by atoms with Crippen molar-refractivity contribution in [2.75, 3.05) is 0 Å². The Balaban J connectivity index is 1.62. The molecule has 5 rings (SSSR count). The van der Waals surface area contributed by atoms with Gasteiger partial charge in [0.15, 0.2) is 0 Å². The van der Waals surface area contributed by atoms with Crippen LogP contribution >= 0.6 is 0 Å². The highest BCUT2D eigenvalue weighted by Crippen LogP contribution is 2.31. The highest BCUT2D eigenvalue weighted by atomic mass is 14.9. The summed E-state index contributed by atoms with van der Waals surface area (Å²) >= 11 is 0. The van der Waals surface area contributed by atoms with Gasteiger partial charge >= 0.3 is 0 Å². The summed E-state index contributed by atoms with van der Waals surface area (Å²) in [4.78, 5) is 16.2. The van der Waals surface area contributed by atoms with Crippen LogP contribution in [0.15, 0.2) is 85.1 Å². The number of nitrogens with zero attached hydrogens (tertiary/aromatic N) is 2. The van der Waals surface area contributed by atoms with Crippen LogP contribution in [0.5, 0.6) is 0 Å². The lowest BCUT2D eigenvalue weighted by molar-refractivity contribution is 1.28.